The zero-order chi connectivity index (χ0) is 16.0. The van der Waals surface area contributed by atoms with Gasteiger partial charge in [-0.05, 0) is 32.0 Å². The van der Waals surface area contributed by atoms with E-state index in [0.717, 1.165) is 25.9 Å². The summed E-state index contributed by atoms with van der Waals surface area (Å²) >= 11 is 0. The number of amides is 1. The first-order valence-corrected chi connectivity index (χ1v) is 9.01. The van der Waals surface area contributed by atoms with E-state index in [0.29, 0.717) is 0 Å². The largest absolute Gasteiger partial charge is 0.338 e. The number of benzene rings is 1. The lowest BCUT2D eigenvalue weighted by Gasteiger charge is -2.24. The van der Waals surface area contributed by atoms with Crippen molar-refractivity contribution in [1.82, 2.24) is 14.9 Å². The Morgan fingerprint density at radius 2 is 2.00 bits per heavy atom. The highest BCUT2D eigenvalue weighted by atomic mass is 35.5. The molecule has 1 fully saturated rings. The van der Waals surface area contributed by atoms with Crippen LogP contribution in [0.3, 0.4) is 0 Å². The number of carbonyl (C=O) groups excluding carboxylic acids is 1. The summed E-state index contributed by atoms with van der Waals surface area (Å²) in [7, 11) is -1.67. The van der Waals surface area contributed by atoms with E-state index in [-0.39, 0.29) is 42.2 Å². The van der Waals surface area contributed by atoms with E-state index >= 15 is 0 Å². The van der Waals surface area contributed by atoms with Gasteiger partial charge >= 0.3 is 0 Å². The summed E-state index contributed by atoms with van der Waals surface area (Å²) in [6.45, 7) is 1.66. The normalized spacial score (nSPS) is 17.8. The van der Waals surface area contributed by atoms with Crippen LogP contribution < -0.4 is 10.0 Å². The van der Waals surface area contributed by atoms with Crippen LogP contribution in [-0.2, 0) is 14.8 Å². The van der Waals surface area contributed by atoms with E-state index in [1.807, 2.05) is 11.9 Å². The average Bonchev–Trinajstić information content (AvgIpc) is 2.97. The zero-order valence-electron chi connectivity index (χ0n) is 13.2. The van der Waals surface area contributed by atoms with Crippen molar-refractivity contribution in [2.45, 2.75) is 30.2 Å². The Labute approximate surface area is 144 Å². The molecule has 1 aliphatic rings. The maximum atomic E-state index is 12.2. The molecule has 2 rings (SSSR count). The summed E-state index contributed by atoms with van der Waals surface area (Å²) in [6, 6.07) is 8.40. The van der Waals surface area contributed by atoms with Gasteiger partial charge in [-0.25, -0.2) is 13.1 Å². The summed E-state index contributed by atoms with van der Waals surface area (Å²) in [6.07, 6.45) is 2.20. The molecule has 1 saturated heterocycles. The summed E-state index contributed by atoms with van der Waals surface area (Å²) in [5.41, 5.74) is 0. The van der Waals surface area contributed by atoms with Crippen LogP contribution in [-0.4, -0.2) is 51.9 Å². The average molecular weight is 362 g/mol. The van der Waals surface area contributed by atoms with Gasteiger partial charge in [-0.3, -0.25) is 4.79 Å². The van der Waals surface area contributed by atoms with Crippen LogP contribution in [0.25, 0.3) is 0 Å². The highest BCUT2D eigenvalue weighted by Crippen LogP contribution is 2.17. The van der Waals surface area contributed by atoms with E-state index in [4.69, 9.17) is 0 Å². The van der Waals surface area contributed by atoms with E-state index in [1.165, 1.54) is 12.1 Å². The fourth-order valence-electron chi connectivity index (χ4n) is 2.73. The molecular formula is C15H24ClN3O3S. The van der Waals surface area contributed by atoms with Crippen molar-refractivity contribution in [3.8, 4) is 0 Å². The molecule has 0 aliphatic carbocycles. The maximum absolute atomic E-state index is 12.2. The Balaban J connectivity index is 0.00000264. The molecule has 0 spiro atoms. The van der Waals surface area contributed by atoms with Gasteiger partial charge in [-0.1, -0.05) is 18.2 Å². The number of hydrogen-bond donors (Lipinski definition) is 2. The van der Waals surface area contributed by atoms with Gasteiger partial charge in [-0.15, -0.1) is 12.4 Å². The van der Waals surface area contributed by atoms with Gasteiger partial charge in [0.05, 0.1) is 4.90 Å². The van der Waals surface area contributed by atoms with Crippen molar-refractivity contribution in [2.75, 3.05) is 26.7 Å². The topological polar surface area (TPSA) is 78.5 Å². The van der Waals surface area contributed by atoms with Crippen LogP contribution in [0.2, 0.25) is 0 Å². The highest BCUT2D eigenvalue weighted by Gasteiger charge is 2.27. The lowest BCUT2D eigenvalue weighted by molar-refractivity contribution is -0.131. The van der Waals surface area contributed by atoms with Gasteiger partial charge < -0.3 is 10.2 Å². The summed E-state index contributed by atoms with van der Waals surface area (Å²) in [5.74, 6) is 0.00788. The molecule has 130 valence electrons. The van der Waals surface area contributed by atoms with Crippen LogP contribution in [0, 0.1) is 0 Å². The van der Waals surface area contributed by atoms with Crippen LogP contribution in [0.15, 0.2) is 35.2 Å². The predicted molar refractivity (Wildman–Crippen MR) is 92.2 cm³/mol. The first kappa shape index (κ1) is 19.9. The SMILES string of the molecule is CNCC1CCCN1C(=O)CCNS(=O)(=O)c1ccccc1.Cl. The van der Waals surface area contributed by atoms with Crippen molar-refractivity contribution in [3.63, 3.8) is 0 Å². The molecule has 0 saturated carbocycles. The number of halogens is 1. The molecule has 1 aromatic rings. The number of nitrogens with zero attached hydrogens (tertiary/aromatic N) is 1. The maximum Gasteiger partial charge on any atom is 0.240 e. The fourth-order valence-corrected chi connectivity index (χ4v) is 3.78. The second-order valence-electron chi connectivity index (χ2n) is 5.40. The lowest BCUT2D eigenvalue weighted by Crippen LogP contribution is -2.42. The minimum absolute atomic E-state index is 0. The van der Waals surface area contributed by atoms with Crippen LogP contribution in [0.1, 0.15) is 19.3 Å². The predicted octanol–water partition coefficient (Wildman–Crippen LogP) is 0.987. The molecule has 0 aromatic heterocycles. The number of likely N-dealkylation sites (tertiary alicyclic amines) is 1. The Morgan fingerprint density at radius 3 is 2.65 bits per heavy atom. The van der Waals surface area contributed by atoms with Gasteiger partial charge in [0.25, 0.3) is 0 Å². The lowest BCUT2D eigenvalue weighted by atomic mass is 10.2. The van der Waals surface area contributed by atoms with Crippen molar-refractivity contribution in [3.05, 3.63) is 30.3 Å². The second-order valence-corrected chi connectivity index (χ2v) is 7.17. The van der Waals surface area contributed by atoms with Crippen molar-refractivity contribution in [1.29, 1.82) is 0 Å². The summed E-state index contributed by atoms with van der Waals surface area (Å²) < 4.78 is 26.6. The first-order chi connectivity index (χ1) is 10.5. The Kier molecular flexibility index (Phi) is 7.98. The van der Waals surface area contributed by atoms with E-state index in [9.17, 15) is 13.2 Å². The molecule has 0 bridgehead atoms. The smallest absolute Gasteiger partial charge is 0.240 e. The minimum atomic E-state index is -3.54. The number of carbonyl (C=O) groups is 1. The highest BCUT2D eigenvalue weighted by molar-refractivity contribution is 7.89. The third kappa shape index (κ3) is 5.46. The van der Waals surface area contributed by atoms with Gasteiger partial charge in [0.1, 0.15) is 0 Å². The Morgan fingerprint density at radius 1 is 1.30 bits per heavy atom. The molecule has 8 heteroatoms. The fraction of sp³-hybridized carbons (Fsp3) is 0.533. The Hall–Kier alpha value is -1.15. The number of likely N-dealkylation sites (N-methyl/N-ethyl adjacent to an activating group) is 1. The van der Waals surface area contributed by atoms with Crippen molar-refractivity contribution in [2.24, 2.45) is 0 Å². The molecule has 1 atom stereocenters. The standard InChI is InChI=1S/C15H23N3O3S.ClH/c1-16-12-13-6-5-11-18(13)15(19)9-10-17-22(20,21)14-7-3-2-4-8-14;/h2-4,7-8,13,16-17H,5-6,9-12H2,1H3;1H. The molecular weight excluding hydrogens is 338 g/mol. The molecule has 1 aliphatic heterocycles. The van der Waals surface area contributed by atoms with Crippen molar-refractivity contribution < 1.29 is 13.2 Å². The Bertz CT molecular complexity index is 595. The molecule has 1 unspecified atom stereocenters. The molecule has 1 aromatic carbocycles. The summed E-state index contributed by atoms with van der Waals surface area (Å²) in [5, 5.41) is 3.09. The minimum Gasteiger partial charge on any atom is -0.338 e. The van der Waals surface area contributed by atoms with E-state index < -0.39 is 10.0 Å². The van der Waals surface area contributed by atoms with Gasteiger partial charge in [-0.2, -0.15) is 0 Å². The zero-order valence-corrected chi connectivity index (χ0v) is 14.8. The second kappa shape index (κ2) is 9.22. The molecule has 2 N–H and O–H groups in total. The van der Waals surface area contributed by atoms with Crippen LogP contribution in [0.5, 0.6) is 0 Å². The van der Waals surface area contributed by atoms with Crippen molar-refractivity contribution >= 4 is 28.3 Å². The van der Waals surface area contributed by atoms with Gasteiger partial charge in [0.15, 0.2) is 0 Å². The number of rotatable bonds is 7. The van der Waals surface area contributed by atoms with Gasteiger partial charge in [0.2, 0.25) is 15.9 Å². The van der Waals surface area contributed by atoms with Crippen LogP contribution in [0.4, 0.5) is 0 Å². The first-order valence-electron chi connectivity index (χ1n) is 7.53. The third-order valence-electron chi connectivity index (χ3n) is 3.82. The number of sulfonamides is 1. The van der Waals surface area contributed by atoms with E-state index in [1.54, 1.807) is 18.2 Å². The quantitative estimate of drug-likeness (QED) is 0.759. The molecule has 1 heterocycles. The monoisotopic (exact) mass is 361 g/mol. The molecule has 0 radical (unpaired) electrons. The number of nitrogens with one attached hydrogen (secondary N) is 2. The number of hydrogen-bond acceptors (Lipinski definition) is 4. The van der Waals surface area contributed by atoms with Crippen LogP contribution >= 0.6 is 12.4 Å². The molecule has 6 nitrogen and oxygen atoms in total. The van der Waals surface area contributed by atoms with E-state index in [2.05, 4.69) is 10.0 Å². The third-order valence-corrected chi connectivity index (χ3v) is 5.30. The summed E-state index contributed by atoms with van der Waals surface area (Å²) in [4.78, 5) is 14.3. The molecule has 1 amide bonds. The van der Waals surface area contributed by atoms with Gasteiger partial charge in [0, 0.05) is 32.1 Å². The molecule has 23 heavy (non-hydrogen) atoms.